The van der Waals surface area contributed by atoms with Gasteiger partial charge < -0.3 is 30.7 Å². The summed E-state index contributed by atoms with van der Waals surface area (Å²) in [6.45, 7) is 7.79. The van der Waals surface area contributed by atoms with Gasteiger partial charge >= 0.3 is 0 Å². The number of aliphatic hydroxyl groups excluding tert-OH is 1. The van der Waals surface area contributed by atoms with Crippen LogP contribution in [0, 0.1) is 20.8 Å². The standard InChI is InChI=1S/C27H23N7.C26H24N6O.C22H24FN7/c1-18-6-4-11-23(31-18)27-26(21-12-13-25-29-17-30-34(25)16-21)32-24(33-27)15-28-14-20-9-5-8-19-7-2-3-10-22(19)20;1-16-5-4-8-21(29-16)26-25(18-9-12-24-27-15-28-32(24)14-18)30-23(31-26)11-10-20-19-7-3-2-6-17(19)13-22(20)33;1-14-5-4-8-18(27-14)22-21(15-9-10-30-20(11-15)25-13-26-30)28-19(29-22)12-24-17-7-3-2-6-16(17)23/h2-13,16-17,28H,14-15H2,1H3,(H,32,33);2-9,12,14-15,20,22,33H,10-11,13H2,1H3,(H,30,31);4-5,8-11,13,16-17,24H,2-3,6-7,12H2,1H3,(H,28,29)/t;20-,22+;16-,17?/m.00/s1. The number of alkyl halides is 1. The van der Waals surface area contributed by atoms with E-state index in [1.807, 2.05) is 136 Å². The van der Waals surface area contributed by atoms with Gasteiger partial charge in [0, 0.05) is 77.3 Å². The van der Waals surface area contributed by atoms with Crippen molar-refractivity contribution in [3.05, 3.63) is 247 Å². The third-order valence-electron chi connectivity index (χ3n) is 18.1. The fourth-order valence-corrected chi connectivity index (χ4v) is 13.3. The van der Waals surface area contributed by atoms with Crippen molar-refractivity contribution >= 4 is 27.7 Å². The van der Waals surface area contributed by atoms with Crippen molar-refractivity contribution in [2.24, 2.45) is 0 Å². The number of benzene rings is 3. The summed E-state index contributed by atoms with van der Waals surface area (Å²) in [5.41, 5.74) is 19.4. The van der Waals surface area contributed by atoms with E-state index in [-0.39, 0.29) is 18.1 Å². The first-order valence-corrected chi connectivity index (χ1v) is 32.9. The minimum atomic E-state index is -0.790. The highest BCUT2D eigenvalue weighted by Crippen LogP contribution is 2.38. The molecular weight excluding hydrogens is 1220 g/mol. The van der Waals surface area contributed by atoms with Crippen LogP contribution in [0.25, 0.3) is 95.6 Å². The minimum Gasteiger partial charge on any atom is -0.392 e. The fourth-order valence-electron chi connectivity index (χ4n) is 13.3. The topological polar surface area (TPSA) is 260 Å². The lowest BCUT2D eigenvalue weighted by molar-refractivity contribution is 0.152. The van der Waals surface area contributed by atoms with Crippen molar-refractivity contribution < 1.29 is 9.50 Å². The molecule has 1 unspecified atom stereocenters. The number of hydrogen-bond acceptors (Lipinski definition) is 15. The van der Waals surface area contributed by atoms with Crippen molar-refractivity contribution in [3.8, 4) is 67.9 Å². The number of aliphatic hydroxyl groups is 1. The summed E-state index contributed by atoms with van der Waals surface area (Å²) in [5, 5.41) is 32.8. The van der Waals surface area contributed by atoms with Crippen molar-refractivity contribution in [3.63, 3.8) is 0 Å². The van der Waals surface area contributed by atoms with E-state index in [1.165, 1.54) is 33.8 Å². The summed E-state index contributed by atoms with van der Waals surface area (Å²) in [6, 6.07) is 52.9. The van der Waals surface area contributed by atoms with Crippen LogP contribution < -0.4 is 10.6 Å². The van der Waals surface area contributed by atoms with Crippen molar-refractivity contribution in [1.82, 2.24) is 99.3 Å². The Morgan fingerprint density at radius 2 is 1.06 bits per heavy atom. The molecule has 1 fully saturated rings. The predicted molar refractivity (Wildman–Crippen MR) is 371 cm³/mol. The molecule has 4 atom stereocenters. The lowest BCUT2D eigenvalue weighted by Gasteiger charge is -2.26. The van der Waals surface area contributed by atoms with Gasteiger partial charge in [0.05, 0.1) is 70.4 Å². The van der Waals surface area contributed by atoms with Gasteiger partial charge in [-0.3, -0.25) is 15.0 Å². The molecule has 0 aliphatic heterocycles. The highest BCUT2D eigenvalue weighted by atomic mass is 19.1. The SMILES string of the molecule is Cc1cccc(-c2[nH]c(CC[C@H]3c4ccccc4C[C@H]3O)nc2-c2ccc3ncnn3c2)n1.Cc1cccc(-c2[nH]c(CNC3CCCC[C@@H]3F)nc2-c2ccn3ncnc3c2)n1.Cc1cccc(-c2[nH]c(CNCc3cccc4ccccc34)nc2-c2ccc3ncnn3c2)n1. The number of pyridine rings is 6. The maximum atomic E-state index is 14.2. The molecule has 22 heteroatoms. The van der Waals surface area contributed by atoms with Gasteiger partial charge in [0.25, 0.3) is 0 Å². The molecule has 17 rings (SSSR count). The molecular formula is C75H71FN20O. The Morgan fingerprint density at radius 3 is 1.71 bits per heavy atom. The highest BCUT2D eigenvalue weighted by Gasteiger charge is 2.31. The van der Waals surface area contributed by atoms with Crippen molar-refractivity contribution in [2.45, 2.75) is 110 Å². The quantitative estimate of drug-likeness (QED) is 0.0526. The van der Waals surface area contributed by atoms with Crippen LogP contribution in [0.4, 0.5) is 4.39 Å². The van der Waals surface area contributed by atoms with E-state index >= 15 is 0 Å². The lowest BCUT2D eigenvalue weighted by Crippen LogP contribution is -2.39. The molecule has 1 saturated carbocycles. The van der Waals surface area contributed by atoms with Gasteiger partial charge in [0.2, 0.25) is 0 Å². The third-order valence-corrected chi connectivity index (χ3v) is 18.1. The number of rotatable bonds is 16. The molecule has 0 spiro atoms. The Kier molecular flexibility index (Phi) is 17.6. The normalized spacial score (nSPS) is 16.0. The van der Waals surface area contributed by atoms with Gasteiger partial charge in [-0.15, -0.1) is 0 Å². The van der Waals surface area contributed by atoms with Crippen LogP contribution in [-0.4, -0.2) is 112 Å². The van der Waals surface area contributed by atoms with E-state index in [2.05, 4.69) is 121 Å². The molecule has 0 radical (unpaired) electrons. The monoisotopic (exact) mass is 1290 g/mol. The molecule has 484 valence electrons. The first-order valence-electron chi connectivity index (χ1n) is 32.9. The maximum Gasteiger partial charge on any atom is 0.155 e. The molecule has 2 aliphatic carbocycles. The van der Waals surface area contributed by atoms with Crippen LogP contribution in [-0.2, 0) is 32.5 Å². The summed E-state index contributed by atoms with van der Waals surface area (Å²) in [6.07, 6.45) is 15.1. The van der Waals surface area contributed by atoms with Gasteiger partial charge in [-0.1, -0.05) is 97.8 Å². The molecule has 15 aromatic rings. The molecule has 0 amide bonds. The van der Waals surface area contributed by atoms with Crippen molar-refractivity contribution in [1.29, 1.82) is 0 Å². The zero-order valence-electron chi connectivity index (χ0n) is 53.9. The Labute approximate surface area is 557 Å². The van der Waals surface area contributed by atoms with E-state index in [1.54, 1.807) is 26.2 Å². The van der Waals surface area contributed by atoms with Crippen molar-refractivity contribution in [2.75, 3.05) is 0 Å². The summed E-state index contributed by atoms with van der Waals surface area (Å²) in [5.74, 6) is 2.63. The molecule has 2 aliphatic rings. The maximum absolute atomic E-state index is 14.2. The Bertz CT molecular complexity index is 5250. The lowest BCUT2D eigenvalue weighted by atomic mass is 9.94. The van der Waals surface area contributed by atoms with Crippen LogP contribution >= 0.6 is 0 Å². The number of aromatic amines is 3. The summed E-state index contributed by atoms with van der Waals surface area (Å²) in [7, 11) is 0. The van der Waals surface area contributed by atoms with E-state index < -0.39 is 6.17 Å². The third kappa shape index (κ3) is 13.5. The smallest absolute Gasteiger partial charge is 0.155 e. The number of imidazole rings is 3. The molecule has 12 aromatic heterocycles. The average molecular weight is 1290 g/mol. The Balaban J connectivity index is 0.000000119. The Hall–Kier alpha value is -11.3. The van der Waals surface area contributed by atoms with Gasteiger partial charge in [-0.25, -0.2) is 47.8 Å². The van der Waals surface area contributed by atoms with E-state index in [0.29, 0.717) is 19.5 Å². The van der Waals surface area contributed by atoms with E-state index in [4.69, 9.17) is 24.9 Å². The number of aromatic nitrogens is 18. The second-order valence-corrected chi connectivity index (χ2v) is 24.8. The average Bonchev–Trinajstić information content (AvgIpc) is 1.70. The molecule has 6 N–H and O–H groups in total. The number of nitrogens with one attached hydrogen (secondary N) is 5. The highest BCUT2D eigenvalue weighted by molar-refractivity contribution is 5.86. The summed E-state index contributed by atoms with van der Waals surface area (Å²) >= 11 is 0. The Morgan fingerprint density at radius 1 is 0.515 bits per heavy atom. The number of nitrogens with zero attached hydrogens (tertiary/aromatic N) is 15. The molecule has 0 bridgehead atoms. The number of halogens is 1. The number of H-pyrrole nitrogens is 3. The molecule has 3 aromatic carbocycles. The first-order chi connectivity index (χ1) is 47.6. The van der Waals surface area contributed by atoms with Crippen LogP contribution in [0.5, 0.6) is 0 Å². The molecule has 97 heavy (non-hydrogen) atoms. The van der Waals surface area contributed by atoms with Crippen LogP contribution in [0.1, 0.15) is 89.3 Å². The van der Waals surface area contributed by atoms with Crippen LogP contribution in [0.2, 0.25) is 0 Å². The zero-order chi connectivity index (χ0) is 65.8. The molecule has 12 heterocycles. The van der Waals surface area contributed by atoms with Crippen LogP contribution in [0.3, 0.4) is 0 Å². The summed E-state index contributed by atoms with van der Waals surface area (Å²) in [4.78, 5) is 52.1. The summed E-state index contributed by atoms with van der Waals surface area (Å²) < 4.78 is 19.4. The minimum absolute atomic E-state index is 0.111. The van der Waals surface area contributed by atoms with Gasteiger partial charge in [0.15, 0.2) is 16.9 Å². The number of hydrogen-bond donors (Lipinski definition) is 6. The first kappa shape index (κ1) is 61.8. The second kappa shape index (κ2) is 27.6. The van der Waals surface area contributed by atoms with Gasteiger partial charge in [-0.2, -0.15) is 15.3 Å². The fraction of sp³-hybridized carbons (Fsp3) is 0.227. The zero-order valence-corrected chi connectivity index (χ0v) is 53.9. The molecule has 21 nitrogen and oxygen atoms in total. The van der Waals surface area contributed by atoms with E-state index in [9.17, 15) is 9.50 Å². The van der Waals surface area contributed by atoms with Gasteiger partial charge in [0.1, 0.15) is 42.6 Å². The van der Waals surface area contributed by atoms with Gasteiger partial charge in [-0.05, 0) is 147 Å². The molecule has 0 saturated heterocycles. The van der Waals surface area contributed by atoms with Crippen LogP contribution in [0.15, 0.2) is 195 Å². The van der Waals surface area contributed by atoms with E-state index in [0.717, 1.165) is 165 Å². The largest absolute Gasteiger partial charge is 0.392 e. The number of fused-ring (bicyclic) bond motifs is 5. The number of aryl methyl sites for hydroxylation is 4. The predicted octanol–water partition coefficient (Wildman–Crippen LogP) is 12.9. The second-order valence-electron chi connectivity index (χ2n) is 24.8.